The van der Waals surface area contributed by atoms with E-state index >= 15 is 0 Å². The summed E-state index contributed by atoms with van der Waals surface area (Å²) in [6, 6.07) is 1.93. The number of hydrogen-bond donors (Lipinski definition) is 1. The average molecular weight is 357 g/mol. The van der Waals surface area contributed by atoms with Crippen molar-refractivity contribution in [2.75, 3.05) is 6.54 Å². The highest BCUT2D eigenvalue weighted by Crippen LogP contribution is 2.22. The Morgan fingerprint density at radius 1 is 1.12 bits per heavy atom. The fraction of sp³-hybridized carbons (Fsp3) is 0.556. The average Bonchev–Trinajstić information content (AvgIpc) is 3.17. The number of carboxylic acid groups (broad SMARTS) is 1. The van der Waals surface area contributed by atoms with Crippen LogP contribution in [0.2, 0.25) is 0 Å². The van der Waals surface area contributed by atoms with Crippen LogP contribution in [0.4, 0.5) is 0 Å². The molecular formula is C18H23N5O3. The van der Waals surface area contributed by atoms with Gasteiger partial charge in [-0.3, -0.25) is 19.0 Å². The molecule has 0 atom stereocenters. The third kappa shape index (κ3) is 3.23. The minimum Gasteiger partial charge on any atom is -0.481 e. The molecule has 0 bridgehead atoms. The van der Waals surface area contributed by atoms with Gasteiger partial charge in [0.25, 0.3) is 5.91 Å². The standard InChI is InChI=1S/C18H23N5O3/c24-17(25)6-5-13-10-14-12-21(7-3-9-22(14)20-13)18(26)15-11-19-23-8-2-1-4-16(15)23/h10-11H,1-9,12H2,(H,24,25). The number of fused-ring (bicyclic) bond motifs is 2. The van der Waals surface area contributed by atoms with Crippen LogP contribution in [0, 0.1) is 0 Å². The van der Waals surface area contributed by atoms with Crippen LogP contribution in [0.25, 0.3) is 0 Å². The number of amides is 1. The summed E-state index contributed by atoms with van der Waals surface area (Å²) in [6.07, 6.45) is 6.16. The molecule has 0 saturated heterocycles. The third-order valence-corrected chi connectivity index (χ3v) is 5.16. The lowest BCUT2D eigenvalue weighted by molar-refractivity contribution is -0.136. The molecule has 26 heavy (non-hydrogen) atoms. The number of carbonyl (C=O) groups excluding carboxylic acids is 1. The summed E-state index contributed by atoms with van der Waals surface area (Å²) >= 11 is 0. The number of nitrogens with zero attached hydrogens (tertiary/aromatic N) is 5. The Bertz CT molecular complexity index is 838. The summed E-state index contributed by atoms with van der Waals surface area (Å²) in [4.78, 5) is 25.7. The van der Waals surface area contributed by atoms with Crippen LogP contribution in [-0.4, -0.2) is 48.0 Å². The molecule has 2 aromatic heterocycles. The Balaban J connectivity index is 1.52. The second-order valence-electron chi connectivity index (χ2n) is 7.01. The van der Waals surface area contributed by atoms with E-state index in [9.17, 15) is 9.59 Å². The maximum absolute atomic E-state index is 13.1. The summed E-state index contributed by atoms with van der Waals surface area (Å²) in [5.41, 5.74) is 3.53. The molecule has 8 nitrogen and oxygen atoms in total. The first kappa shape index (κ1) is 16.8. The van der Waals surface area contributed by atoms with E-state index in [-0.39, 0.29) is 12.3 Å². The summed E-state index contributed by atoms with van der Waals surface area (Å²) in [5, 5.41) is 17.7. The van der Waals surface area contributed by atoms with Crippen LogP contribution in [-0.2, 0) is 37.3 Å². The van der Waals surface area contributed by atoms with Gasteiger partial charge in [-0.1, -0.05) is 0 Å². The SMILES string of the molecule is O=C(O)CCc1cc2n(n1)CCCN(C(=O)c1cnn3c1CCCC3)C2. The molecule has 0 fully saturated rings. The summed E-state index contributed by atoms with van der Waals surface area (Å²) in [6.45, 7) is 2.83. The molecule has 0 aromatic carbocycles. The highest BCUT2D eigenvalue weighted by molar-refractivity contribution is 5.95. The Hall–Kier alpha value is -2.64. The minimum atomic E-state index is -0.823. The van der Waals surface area contributed by atoms with Gasteiger partial charge in [0.1, 0.15) is 0 Å². The topological polar surface area (TPSA) is 93.2 Å². The summed E-state index contributed by atoms with van der Waals surface area (Å²) in [5.74, 6) is -0.786. The molecule has 2 aromatic rings. The van der Waals surface area contributed by atoms with Crippen molar-refractivity contribution in [2.45, 2.75) is 58.2 Å². The van der Waals surface area contributed by atoms with Crippen molar-refractivity contribution >= 4 is 11.9 Å². The summed E-state index contributed by atoms with van der Waals surface area (Å²) < 4.78 is 3.88. The first-order valence-corrected chi connectivity index (χ1v) is 9.23. The van der Waals surface area contributed by atoms with Crippen LogP contribution >= 0.6 is 0 Å². The fourth-order valence-corrected chi connectivity index (χ4v) is 3.82. The van der Waals surface area contributed by atoms with Crippen LogP contribution in [0.15, 0.2) is 12.3 Å². The van der Waals surface area contributed by atoms with Crippen molar-refractivity contribution in [1.29, 1.82) is 0 Å². The van der Waals surface area contributed by atoms with Gasteiger partial charge in [-0.2, -0.15) is 10.2 Å². The quantitative estimate of drug-likeness (QED) is 0.895. The van der Waals surface area contributed by atoms with Crippen molar-refractivity contribution in [3.63, 3.8) is 0 Å². The van der Waals surface area contributed by atoms with Gasteiger partial charge < -0.3 is 10.0 Å². The summed E-state index contributed by atoms with van der Waals surface area (Å²) in [7, 11) is 0. The van der Waals surface area contributed by atoms with E-state index in [1.54, 1.807) is 6.20 Å². The van der Waals surface area contributed by atoms with Crippen molar-refractivity contribution < 1.29 is 14.7 Å². The van der Waals surface area contributed by atoms with Gasteiger partial charge in [0, 0.05) is 26.1 Å². The Kier molecular flexibility index (Phi) is 4.48. The molecule has 1 N–H and O–H groups in total. The van der Waals surface area contributed by atoms with Gasteiger partial charge in [0.15, 0.2) is 0 Å². The third-order valence-electron chi connectivity index (χ3n) is 5.16. The smallest absolute Gasteiger partial charge is 0.303 e. The number of carboxylic acids is 1. The highest BCUT2D eigenvalue weighted by Gasteiger charge is 2.26. The van der Waals surface area contributed by atoms with E-state index in [1.807, 2.05) is 20.3 Å². The Morgan fingerprint density at radius 3 is 2.81 bits per heavy atom. The molecule has 0 spiro atoms. The Morgan fingerprint density at radius 2 is 1.96 bits per heavy atom. The second-order valence-corrected chi connectivity index (χ2v) is 7.01. The molecule has 4 rings (SSSR count). The first-order valence-electron chi connectivity index (χ1n) is 9.23. The van der Waals surface area contributed by atoms with Crippen LogP contribution in [0.5, 0.6) is 0 Å². The second kappa shape index (κ2) is 6.93. The van der Waals surface area contributed by atoms with Gasteiger partial charge in [0.2, 0.25) is 0 Å². The number of carbonyl (C=O) groups is 2. The number of aromatic nitrogens is 4. The minimum absolute atomic E-state index is 0.0369. The van der Waals surface area contributed by atoms with Crippen molar-refractivity contribution in [3.05, 3.63) is 34.9 Å². The predicted octanol–water partition coefficient (Wildman–Crippen LogP) is 1.48. The molecule has 0 aliphatic carbocycles. The number of rotatable bonds is 4. The molecule has 2 aliphatic rings. The monoisotopic (exact) mass is 357 g/mol. The number of aliphatic carboxylic acids is 1. The van der Waals surface area contributed by atoms with Gasteiger partial charge in [0.05, 0.1) is 41.8 Å². The molecule has 8 heteroatoms. The van der Waals surface area contributed by atoms with E-state index < -0.39 is 5.97 Å². The van der Waals surface area contributed by atoms with E-state index in [2.05, 4.69) is 10.2 Å². The maximum Gasteiger partial charge on any atom is 0.303 e. The molecule has 138 valence electrons. The lowest BCUT2D eigenvalue weighted by atomic mass is 10.1. The normalized spacial score (nSPS) is 16.7. The molecule has 0 saturated carbocycles. The van der Waals surface area contributed by atoms with E-state index in [4.69, 9.17) is 5.11 Å². The maximum atomic E-state index is 13.1. The number of aryl methyl sites for hydroxylation is 3. The van der Waals surface area contributed by atoms with Gasteiger partial charge in [-0.05, 0) is 31.7 Å². The van der Waals surface area contributed by atoms with Crippen LogP contribution in [0.1, 0.15) is 53.1 Å². The van der Waals surface area contributed by atoms with Crippen LogP contribution < -0.4 is 0 Å². The highest BCUT2D eigenvalue weighted by atomic mass is 16.4. The molecule has 2 aliphatic heterocycles. The predicted molar refractivity (Wildman–Crippen MR) is 92.7 cm³/mol. The zero-order chi connectivity index (χ0) is 18.1. The van der Waals surface area contributed by atoms with Gasteiger partial charge >= 0.3 is 5.97 Å². The van der Waals surface area contributed by atoms with Gasteiger partial charge in [-0.25, -0.2) is 0 Å². The molecular weight excluding hydrogens is 334 g/mol. The zero-order valence-electron chi connectivity index (χ0n) is 14.7. The molecule has 0 unspecified atom stereocenters. The zero-order valence-corrected chi connectivity index (χ0v) is 14.7. The lowest BCUT2D eigenvalue weighted by Gasteiger charge is -2.21. The molecule has 4 heterocycles. The molecule has 1 amide bonds. The van der Waals surface area contributed by atoms with Gasteiger partial charge in [-0.15, -0.1) is 0 Å². The Labute approximate surface area is 151 Å². The fourth-order valence-electron chi connectivity index (χ4n) is 3.82. The van der Waals surface area contributed by atoms with E-state index in [1.165, 1.54) is 0 Å². The number of hydrogen-bond acceptors (Lipinski definition) is 4. The van der Waals surface area contributed by atoms with E-state index in [0.29, 0.717) is 19.5 Å². The van der Waals surface area contributed by atoms with Crippen molar-refractivity contribution in [3.8, 4) is 0 Å². The largest absolute Gasteiger partial charge is 0.481 e. The lowest BCUT2D eigenvalue weighted by Crippen LogP contribution is -2.31. The van der Waals surface area contributed by atoms with E-state index in [0.717, 1.165) is 61.4 Å². The molecule has 0 radical (unpaired) electrons. The van der Waals surface area contributed by atoms with Crippen molar-refractivity contribution in [1.82, 2.24) is 24.5 Å². The van der Waals surface area contributed by atoms with Crippen molar-refractivity contribution in [2.24, 2.45) is 0 Å². The first-order chi connectivity index (χ1) is 12.6. The van der Waals surface area contributed by atoms with Crippen LogP contribution in [0.3, 0.4) is 0 Å².